The molecule has 1 unspecified atom stereocenters. The molecule has 4 rings (SSSR count). The maximum atomic E-state index is 4.82. The summed E-state index contributed by atoms with van der Waals surface area (Å²) in [6, 6.07) is 0. The molecule has 3 heteroatoms. The van der Waals surface area contributed by atoms with Crippen molar-refractivity contribution >= 4 is 0 Å². The van der Waals surface area contributed by atoms with Gasteiger partial charge in [0, 0.05) is 49.4 Å². The topological polar surface area (TPSA) is 29.0 Å². The Morgan fingerprint density at radius 3 is 2.87 bits per heavy atom. The molecule has 23 heavy (non-hydrogen) atoms. The first-order valence-corrected chi connectivity index (χ1v) is 9.09. The minimum atomic E-state index is 0.659. The van der Waals surface area contributed by atoms with Crippen LogP contribution in [0.25, 0.3) is 0 Å². The van der Waals surface area contributed by atoms with Crippen LogP contribution in [-0.2, 0) is 13.0 Å². The number of hydrogen-bond acceptors (Lipinski definition) is 3. The molecule has 0 aromatic carbocycles. The summed E-state index contributed by atoms with van der Waals surface area (Å²) in [5, 5.41) is 0. The second-order valence-corrected chi connectivity index (χ2v) is 7.62. The van der Waals surface area contributed by atoms with E-state index in [0.717, 1.165) is 31.9 Å². The number of rotatable bonds is 4. The molecule has 1 atom stereocenters. The van der Waals surface area contributed by atoms with E-state index in [9.17, 15) is 0 Å². The Kier molecular flexibility index (Phi) is 4.06. The smallest absolute Gasteiger partial charge is 0.131 e. The van der Waals surface area contributed by atoms with Crippen LogP contribution in [0.3, 0.4) is 0 Å². The van der Waals surface area contributed by atoms with E-state index < -0.39 is 0 Å². The van der Waals surface area contributed by atoms with Crippen LogP contribution in [0, 0.1) is 5.92 Å². The lowest BCUT2D eigenvalue weighted by Crippen LogP contribution is -2.33. The van der Waals surface area contributed by atoms with Crippen LogP contribution in [0.5, 0.6) is 0 Å². The average molecular weight is 309 g/mol. The maximum absolute atomic E-state index is 4.82. The second kappa shape index (κ2) is 6.20. The molecule has 1 aromatic heterocycles. The Balaban J connectivity index is 1.38. The van der Waals surface area contributed by atoms with E-state index in [1.54, 1.807) is 5.57 Å². The number of aromatic nitrogens is 2. The number of hydrogen-bond donors (Lipinski definition) is 0. The van der Waals surface area contributed by atoms with Gasteiger partial charge in [0.2, 0.25) is 0 Å². The van der Waals surface area contributed by atoms with Crippen molar-refractivity contribution in [3.8, 4) is 0 Å². The first kappa shape index (κ1) is 15.1. The third-order valence-corrected chi connectivity index (χ3v) is 5.60. The summed E-state index contributed by atoms with van der Waals surface area (Å²) < 4.78 is 0. The lowest BCUT2D eigenvalue weighted by molar-refractivity contribution is 0.266. The van der Waals surface area contributed by atoms with Crippen LogP contribution in [0.2, 0.25) is 0 Å². The predicted octanol–water partition coefficient (Wildman–Crippen LogP) is 4.01. The van der Waals surface area contributed by atoms with E-state index >= 15 is 0 Å². The molecule has 1 saturated carbocycles. The second-order valence-electron chi connectivity index (χ2n) is 7.62. The van der Waals surface area contributed by atoms with E-state index in [0.29, 0.717) is 11.8 Å². The van der Waals surface area contributed by atoms with E-state index in [2.05, 4.69) is 35.7 Å². The molecule has 3 aliphatic rings. The van der Waals surface area contributed by atoms with Crippen molar-refractivity contribution in [2.75, 3.05) is 13.1 Å². The summed E-state index contributed by atoms with van der Waals surface area (Å²) in [6.45, 7) is 9.55. The summed E-state index contributed by atoms with van der Waals surface area (Å²) in [5.41, 5.74) is 5.60. The molecule has 2 heterocycles. The largest absolute Gasteiger partial charge is 0.295 e. The Morgan fingerprint density at radius 1 is 1.30 bits per heavy atom. The summed E-state index contributed by atoms with van der Waals surface area (Å²) in [5.74, 6) is 2.46. The van der Waals surface area contributed by atoms with Gasteiger partial charge in [0.1, 0.15) is 5.82 Å². The van der Waals surface area contributed by atoms with Gasteiger partial charge < -0.3 is 0 Å². The quantitative estimate of drug-likeness (QED) is 0.787. The highest BCUT2D eigenvalue weighted by molar-refractivity contribution is 5.23. The normalized spacial score (nSPS) is 24.9. The Hall–Kier alpha value is -1.48. The van der Waals surface area contributed by atoms with Gasteiger partial charge in [-0.15, -0.1) is 0 Å². The summed E-state index contributed by atoms with van der Waals surface area (Å²) in [7, 11) is 0. The molecule has 2 aliphatic carbocycles. The maximum Gasteiger partial charge on any atom is 0.131 e. The predicted molar refractivity (Wildman–Crippen MR) is 93.2 cm³/mol. The van der Waals surface area contributed by atoms with Gasteiger partial charge in [-0.3, -0.25) is 4.90 Å². The number of fused-ring (bicyclic) bond motifs is 1. The molecular formula is C20H27N3. The summed E-state index contributed by atoms with van der Waals surface area (Å²) in [4.78, 5) is 12.0. The minimum Gasteiger partial charge on any atom is -0.295 e. The number of nitrogens with zero attached hydrogens (tertiary/aromatic N) is 3. The van der Waals surface area contributed by atoms with E-state index in [1.165, 1.54) is 48.9 Å². The van der Waals surface area contributed by atoms with Crippen molar-refractivity contribution < 1.29 is 0 Å². The molecule has 0 N–H and O–H groups in total. The van der Waals surface area contributed by atoms with Crippen LogP contribution in [0.4, 0.5) is 0 Å². The average Bonchev–Trinajstić information content (AvgIpc) is 3.40. The van der Waals surface area contributed by atoms with Gasteiger partial charge >= 0.3 is 0 Å². The van der Waals surface area contributed by atoms with Gasteiger partial charge in [-0.05, 0) is 44.9 Å². The highest BCUT2D eigenvalue weighted by atomic mass is 15.1. The summed E-state index contributed by atoms with van der Waals surface area (Å²) >= 11 is 0. The SMILES string of the molecule is C=C(C)C1CC=C(CN2CCc3nc(C4CC4)ncc3C2)CC1. The molecule has 1 aliphatic heterocycles. The van der Waals surface area contributed by atoms with Crippen LogP contribution in [0.1, 0.15) is 62.0 Å². The van der Waals surface area contributed by atoms with Gasteiger partial charge in [0.25, 0.3) is 0 Å². The van der Waals surface area contributed by atoms with Gasteiger partial charge in [-0.1, -0.05) is 23.8 Å². The Labute approximate surface area is 139 Å². The van der Waals surface area contributed by atoms with Crippen LogP contribution in [0.15, 0.2) is 30.0 Å². The molecule has 0 saturated heterocycles. The first-order chi connectivity index (χ1) is 11.2. The van der Waals surface area contributed by atoms with Crippen molar-refractivity contribution in [1.29, 1.82) is 0 Å². The van der Waals surface area contributed by atoms with Gasteiger partial charge in [-0.2, -0.15) is 0 Å². The zero-order valence-corrected chi connectivity index (χ0v) is 14.2. The molecule has 122 valence electrons. The first-order valence-electron chi connectivity index (χ1n) is 9.09. The minimum absolute atomic E-state index is 0.659. The van der Waals surface area contributed by atoms with Crippen LogP contribution >= 0.6 is 0 Å². The third kappa shape index (κ3) is 3.40. The summed E-state index contributed by atoms with van der Waals surface area (Å²) in [6.07, 6.45) is 11.9. The van der Waals surface area contributed by atoms with Gasteiger partial charge in [0.05, 0.1) is 0 Å². The van der Waals surface area contributed by atoms with Crippen LogP contribution in [-0.4, -0.2) is 28.0 Å². The van der Waals surface area contributed by atoms with Crippen molar-refractivity contribution in [1.82, 2.24) is 14.9 Å². The zero-order chi connectivity index (χ0) is 15.8. The fourth-order valence-electron chi connectivity index (χ4n) is 3.83. The van der Waals surface area contributed by atoms with Gasteiger partial charge in [0.15, 0.2) is 0 Å². The van der Waals surface area contributed by atoms with Crippen molar-refractivity contribution in [2.45, 2.75) is 57.9 Å². The molecule has 1 fully saturated rings. The monoisotopic (exact) mass is 309 g/mol. The lowest BCUT2D eigenvalue weighted by atomic mass is 9.85. The van der Waals surface area contributed by atoms with E-state index in [4.69, 9.17) is 4.98 Å². The van der Waals surface area contributed by atoms with Crippen molar-refractivity contribution in [3.63, 3.8) is 0 Å². The van der Waals surface area contributed by atoms with E-state index in [1.807, 2.05) is 0 Å². The molecule has 3 nitrogen and oxygen atoms in total. The molecule has 1 aromatic rings. The zero-order valence-electron chi connectivity index (χ0n) is 14.2. The highest BCUT2D eigenvalue weighted by Gasteiger charge is 2.28. The van der Waals surface area contributed by atoms with Crippen molar-refractivity contribution in [2.24, 2.45) is 5.92 Å². The molecule has 0 radical (unpaired) electrons. The molecular weight excluding hydrogens is 282 g/mol. The molecule has 0 spiro atoms. The highest BCUT2D eigenvalue weighted by Crippen LogP contribution is 2.38. The number of allylic oxidation sites excluding steroid dienone is 2. The molecule has 0 bridgehead atoms. The fourth-order valence-corrected chi connectivity index (χ4v) is 3.83. The fraction of sp³-hybridized carbons (Fsp3) is 0.600. The Bertz CT molecular complexity index is 642. The van der Waals surface area contributed by atoms with Crippen molar-refractivity contribution in [3.05, 3.63) is 47.1 Å². The Morgan fingerprint density at radius 2 is 2.17 bits per heavy atom. The third-order valence-electron chi connectivity index (χ3n) is 5.60. The standard InChI is InChI=1S/C20H27N3/c1-14(2)16-5-3-15(4-6-16)12-23-10-9-19-18(13-23)11-21-20(22-19)17-7-8-17/h3,11,16-17H,1,4-10,12-13H2,2H3. The lowest BCUT2D eigenvalue weighted by Gasteiger charge is -2.31. The van der Waals surface area contributed by atoms with Crippen LogP contribution < -0.4 is 0 Å². The van der Waals surface area contributed by atoms with E-state index in [-0.39, 0.29) is 0 Å². The van der Waals surface area contributed by atoms with Gasteiger partial charge in [-0.25, -0.2) is 9.97 Å². The molecule has 0 amide bonds.